The Bertz CT molecular complexity index is 562. The monoisotopic (exact) mass is 337 g/mol. The summed E-state index contributed by atoms with van der Waals surface area (Å²) in [7, 11) is 0. The van der Waals surface area contributed by atoms with Crippen molar-refractivity contribution in [2.24, 2.45) is 5.92 Å². The zero-order valence-corrected chi connectivity index (χ0v) is 14.0. The van der Waals surface area contributed by atoms with E-state index in [9.17, 15) is 15.0 Å². The highest BCUT2D eigenvalue weighted by Crippen LogP contribution is 2.40. The predicted molar refractivity (Wildman–Crippen MR) is 89.1 cm³/mol. The zero-order chi connectivity index (χ0) is 16.4. The Morgan fingerprint density at radius 3 is 2.78 bits per heavy atom. The molecule has 3 atom stereocenters. The fourth-order valence-corrected chi connectivity index (χ4v) is 4.02. The third-order valence-electron chi connectivity index (χ3n) is 5.40. The molecule has 1 aromatic rings. The van der Waals surface area contributed by atoms with Crippen LogP contribution in [-0.2, 0) is 4.79 Å². The molecular formula is C18H24ClNO3. The molecule has 0 spiro atoms. The molecule has 1 aliphatic heterocycles. The number of hydrogen-bond acceptors (Lipinski definition) is 3. The highest BCUT2D eigenvalue weighted by atomic mass is 35.5. The van der Waals surface area contributed by atoms with Crippen molar-refractivity contribution >= 4 is 17.5 Å². The second-order valence-corrected chi connectivity index (χ2v) is 7.34. The second kappa shape index (κ2) is 6.80. The second-order valence-electron chi connectivity index (χ2n) is 6.91. The van der Waals surface area contributed by atoms with Crippen LogP contribution < -0.4 is 0 Å². The van der Waals surface area contributed by atoms with Gasteiger partial charge in [0.15, 0.2) is 0 Å². The SMILES string of the molecule is O=C(CC(O)c1ccc(Cl)cc1)N1CCC2(O)CCCCC2C1. The fourth-order valence-electron chi connectivity index (χ4n) is 3.89. The Morgan fingerprint density at radius 1 is 1.30 bits per heavy atom. The normalized spacial score (nSPS) is 29.0. The van der Waals surface area contributed by atoms with Crippen molar-refractivity contribution in [3.05, 3.63) is 34.9 Å². The number of aliphatic hydroxyl groups is 2. The molecule has 1 saturated heterocycles. The molecule has 2 N–H and O–H groups in total. The molecule has 4 nitrogen and oxygen atoms in total. The predicted octanol–water partition coefficient (Wildman–Crippen LogP) is 2.92. The average molecular weight is 338 g/mol. The van der Waals surface area contributed by atoms with Crippen molar-refractivity contribution in [3.8, 4) is 0 Å². The number of aliphatic hydroxyl groups excluding tert-OH is 1. The molecule has 2 aliphatic rings. The van der Waals surface area contributed by atoms with Gasteiger partial charge in [-0.05, 0) is 37.0 Å². The van der Waals surface area contributed by atoms with Crippen molar-refractivity contribution in [2.75, 3.05) is 13.1 Å². The first kappa shape index (κ1) is 16.7. The molecule has 0 aromatic heterocycles. The van der Waals surface area contributed by atoms with E-state index < -0.39 is 11.7 Å². The lowest BCUT2D eigenvalue weighted by atomic mass is 9.71. The van der Waals surface area contributed by atoms with Crippen molar-refractivity contribution in [3.63, 3.8) is 0 Å². The maximum Gasteiger partial charge on any atom is 0.225 e. The number of halogens is 1. The van der Waals surface area contributed by atoms with E-state index in [-0.39, 0.29) is 18.2 Å². The van der Waals surface area contributed by atoms with Crippen LogP contribution in [0.25, 0.3) is 0 Å². The van der Waals surface area contributed by atoms with Crippen molar-refractivity contribution in [1.82, 2.24) is 4.90 Å². The van der Waals surface area contributed by atoms with E-state index in [0.717, 1.165) is 25.7 Å². The maximum atomic E-state index is 12.5. The first-order valence-corrected chi connectivity index (χ1v) is 8.79. The summed E-state index contributed by atoms with van der Waals surface area (Å²) in [4.78, 5) is 14.3. The average Bonchev–Trinajstić information content (AvgIpc) is 2.54. The smallest absolute Gasteiger partial charge is 0.225 e. The molecule has 1 aromatic carbocycles. The largest absolute Gasteiger partial charge is 0.389 e. The Hall–Kier alpha value is -1.10. The third kappa shape index (κ3) is 3.70. The van der Waals surface area contributed by atoms with Crippen molar-refractivity contribution in [2.45, 2.75) is 50.2 Å². The number of benzene rings is 1. The topological polar surface area (TPSA) is 60.8 Å². The Labute approximate surface area is 142 Å². The van der Waals surface area contributed by atoms with Crippen LogP contribution >= 0.6 is 11.6 Å². The van der Waals surface area contributed by atoms with Gasteiger partial charge < -0.3 is 15.1 Å². The van der Waals surface area contributed by atoms with Crippen LogP contribution in [0.4, 0.5) is 0 Å². The first-order valence-electron chi connectivity index (χ1n) is 8.42. The molecule has 1 heterocycles. The van der Waals surface area contributed by atoms with Crippen LogP contribution in [-0.4, -0.2) is 39.7 Å². The Kier molecular flexibility index (Phi) is 4.95. The lowest BCUT2D eigenvalue weighted by Gasteiger charge is -2.47. The molecule has 1 aliphatic carbocycles. The van der Waals surface area contributed by atoms with Crippen LogP contribution in [0.15, 0.2) is 24.3 Å². The Morgan fingerprint density at radius 2 is 2.04 bits per heavy atom. The zero-order valence-electron chi connectivity index (χ0n) is 13.2. The summed E-state index contributed by atoms with van der Waals surface area (Å²) in [5, 5.41) is 21.5. The van der Waals surface area contributed by atoms with E-state index in [1.165, 1.54) is 0 Å². The number of fused-ring (bicyclic) bond motifs is 1. The molecule has 126 valence electrons. The molecule has 0 radical (unpaired) electrons. The molecule has 0 bridgehead atoms. The van der Waals surface area contributed by atoms with E-state index in [4.69, 9.17) is 11.6 Å². The van der Waals surface area contributed by atoms with Crippen LogP contribution in [0.1, 0.15) is 50.2 Å². The number of piperidine rings is 1. The summed E-state index contributed by atoms with van der Waals surface area (Å²) in [6.45, 7) is 1.20. The molecule has 2 fully saturated rings. The summed E-state index contributed by atoms with van der Waals surface area (Å²) in [6.07, 6.45) is 3.96. The molecule has 3 unspecified atom stereocenters. The van der Waals surface area contributed by atoms with Crippen molar-refractivity contribution < 1.29 is 15.0 Å². The van der Waals surface area contributed by atoms with E-state index in [1.807, 2.05) is 4.90 Å². The quantitative estimate of drug-likeness (QED) is 0.891. The highest BCUT2D eigenvalue weighted by molar-refractivity contribution is 6.30. The van der Waals surface area contributed by atoms with Crippen LogP contribution in [0.5, 0.6) is 0 Å². The van der Waals surface area contributed by atoms with Gasteiger partial charge in [0, 0.05) is 24.0 Å². The van der Waals surface area contributed by atoms with Crippen LogP contribution in [0.2, 0.25) is 5.02 Å². The molecular weight excluding hydrogens is 314 g/mol. The van der Waals surface area contributed by atoms with Gasteiger partial charge in [-0.15, -0.1) is 0 Å². The van der Waals surface area contributed by atoms with Gasteiger partial charge in [-0.25, -0.2) is 0 Å². The number of rotatable bonds is 3. The van der Waals surface area contributed by atoms with Gasteiger partial charge in [-0.1, -0.05) is 36.6 Å². The van der Waals surface area contributed by atoms with E-state index in [2.05, 4.69) is 0 Å². The summed E-state index contributed by atoms with van der Waals surface area (Å²) < 4.78 is 0. The minimum Gasteiger partial charge on any atom is -0.389 e. The minimum atomic E-state index is -0.813. The summed E-state index contributed by atoms with van der Waals surface area (Å²) in [6, 6.07) is 6.92. The highest BCUT2D eigenvalue weighted by Gasteiger charge is 2.43. The van der Waals surface area contributed by atoms with Gasteiger partial charge in [0.05, 0.1) is 18.1 Å². The van der Waals surface area contributed by atoms with Gasteiger partial charge >= 0.3 is 0 Å². The van der Waals surface area contributed by atoms with Gasteiger partial charge in [-0.2, -0.15) is 0 Å². The standard InChI is InChI=1S/C18H24ClNO3/c19-15-6-4-13(5-7-15)16(21)11-17(22)20-10-9-18(23)8-2-1-3-14(18)12-20/h4-7,14,16,21,23H,1-3,8-12H2. The first-order chi connectivity index (χ1) is 11.0. The van der Waals surface area contributed by atoms with Gasteiger partial charge in [-0.3, -0.25) is 4.79 Å². The number of amides is 1. The number of hydrogen-bond donors (Lipinski definition) is 2. The molecule has 1 amide bonds. The number of likely N-dealkylation sites (tertiary alicyclic amines) is 1. The van der Waals surface area contributed by atoms with Crippen LogP contribution in [0.3, 0.4) is 0 Å². The van der Waals surface area contributed by atoms with Crippen LogP contribution in [0, 0.1) is 5.92 Å². The number of carbonyl (C=O) groups is 1. The lowest BCUT2D eigenvalue weighted by molar-refractivity contribution is -0.145. The number of carbonyl (C=O) groups excluding carboxylic acids is 1. The maximum absolute atomic E-state index is 12.5. The molecule has 3 rings (SSSR count). The summed E-state index contributed by atoms with van der Waals surface area (Å²) >= 11 is 5.84. The molecule has 1 saturated carbocycles. The van der Waals surface area contributed by atoms with Gasteiger partial charge in [0.25, 0.3) is 0 Å². The Balaban J connectivity index is 1.59. The molecule has 23 heavy (non-hydrogen) atoms. The van der Waals surface area contributed by atoms with E-state index in [0.29, 0.717) is 30.1 Å². The number of nitrogens with zero attached hydrogens (tertiary/aromatic N) is 1. The molecule has 5 heteroatoms. The minimum absolute atomic E-state index is 0.0416. The lowest BCUT2D eigenvalue weighted by Crippen LogP contribution is -2.54. The van der Waals surface area contributed by atoms with E-state index >= 15 is 0 Å². The van der Waals surface area contributed by atoms with E-state index in [1.54, 1.807) is 24.3 Å². The fraction of sp³-hybridized carbons (Fsp3) is 0.611. The van der Waals surface area contributed by atoms with Gasteiger partial charge in [0.2, 0.25) is 5.91 Å². The van der Waals surface area contributed by atoms with Crippen molar-refractivity contribution in [1.29, 1.82) is 0 Å². The summed E-state index contributed by atoms with van der Waals surface area (Å²) in [5.41, 5.74) is 0.123. The summed E-state index contributed by atoms with van der Waals surface area (Å²) in [5.74, 6) is 0.140. The van der Waals surface area contributed by atoms with Gasteiger partial charge in [0.1, 0.15) is 0 Å². The third-order valence-corrected chi connectivity index (χ3v) is 5.66.